The minimum absolute atomic E-state index is 0. The number of carbonyl (C=O) groups is 1. The summed E-state index contributed by atoms with van der Waals surface area (Å²) in [4.78, 5) is 15.9. The number of hydrogen-bond acceptors (Lipinski definition) is 3. The van der Waals surface area contributed by atoms with Crippen LogP contribution in [0.25, 0.3) is 0 Å². The van der Waals surface area contributed by atoms with Gasteiger partial charge in [-0.15, -0.1) is 24.0 Å². The van der Waals surface area contributed by atoms with Gasteiger partial charge in [0.15, 0.2) is 5.96 Å². The van der Waals surface area contributed by atoms with E-state index >= 15 is 0 Å². The van der Waals surface area contributed by atoms with Gasteiger partial charge in [-0.25, -0.2) is 4.79 Å². The maximum atomic E-state index is 11.5. The zero-order valence-electron chi connectivity index (χ0n) is 14.6. The van der Waals surface area contributed by atoms with Crippen LogP contribution in [0.2, 0.25) is 0 Å². The molecule has 7 heteroatoms. The number of rotatable bonds is 8. The third-order valence-electron chi connectivity index (χ3n) is 2.46. The molecule has 0 rings (SSSR count). The predicted octanol–water partition coefficient (Wildman–Crippen LogP) is 2.87. The van der Waals surface area contributed by atoms with Crippen molar-refractivity contribution in [2.45, 2.75) is 59.5 Å². The summed E-state index contributed by atoms with van der Waals surface area (Å²) in [7, 11) is 0. The number of carbonyl (C=O) groups excluding carboxylic acids is 1. The molecule has 0 unspecified atom stereocenters. The highest BCUT2D eigenvalue weighted by molar-refractivity contribution is 14.0. The van der Waals surface area contributed by atoms with Gasteiger partial charge in [-0.2, -0.15) is 0 Å². The molecule has 0 atom stereocenters. The van der Waals surface area contributed by atoms with Crippen LogP contribution in [0.15, 0.2) is 4.99 Å². The predicted molar refractivity (Wildman–Crippen MR) is 103 cm³/mol. The third-order valence-corrected chi connectivity index (χ3v) is 2.46. The number of ether oxygens (including phenoxy) is 1. The number of hydrogen-bond donors (Lipinski definition) is 3. The van der Waals surface area contributed by atoms with Gasteiger partial charge in [-0.05, 0) is 34.1 Å². The van der Waals surface area contributed by atoms with E-state index in [0.29, 0.717) is 13.1 Å². The summed E-state index contributed by atoms with van der Waals surface area (Å²) in [5.74, 6) is 0.791. The van der Waals surface area contributed by atoms with E-state index in [1.807, 2.05) is 27.7 Å². The molecule has 0 bridgehead atoms. The van der Waals surface area contributed by atoms with Crippen molar-refractivity contribution in [2.75, 3.05) is 26.2 Å². The molecule has 0 spiro atoms. The molecule has 6 nitrogen and oxygen atoms in total. The first-order valence-corrected chi connectivity index (χ1v) is 7.88. The fourth-order valence-corrected chi connectivity index (χ4v) is 1.55. The van der Waals surface area contributed by atoms with Crippen LogP contribution in [0.3, 0.4) is 0 Å². The van der Waals surface area contributed by atoms with Crippen LogP contribution in [0, 0.1) is 0 Å². The summed E-state index contributed by atoms with van der Waals surface area (Å²) < 4.78 is 5.16. The topological polar surface area (TPSA) is 74.8 Å². The lowest BCUT2D eigenvalue weighted by Crippen LogP contribution is -2.42. The van der Waals surface area contributed by atoms with Gasteiger partial charge in [0.25, 0.3) is 0 Å². The molecule has 1 amide bonds. The van der Waals surface area contributed by atoms with Crippen molar-refractivity contribution in [3.8, 4) is 0 Å². The van der Waals surface area contributed by atoms with Crippen molar-refractivity contribution in [3.63, 3.8) is 0 Å². The molecule has 0 saturated heterocycles. The van der Waals surface area contributed by atoms with Crippen molar-refractivity contribution >= 4 is 36.0 Å². The Hall–Kier alpha value is -0.730. The number of unbranched alkanes of at least 4 members (excludes halogenated alkanes) is 2. The minimum atomic E-state index is -0.465. The van der Waals surface area contributed by atoms with Gasteiger partial charge < -0.3 is 20.7 Å². The maximum absolute atomic E-state index is 11.5. The SMILES string of the molecule is CCCCCN=C(NCC)NCCNC(=O)OC(C)(C)C.I. The number of amides is 1. The number of nitrogens with one attached hydrogen (secondary N) is 3. The minimum Gasteiger partial charge on any atom is -0.444 e. The van der Waals surface area contributed by atoms with Crippen molar-refractivity contribution in [1.82, 2.24) is 16.0 Å². The lowest BCUT2D eigenvalue weighted by molar-refractivity contribution is 0.0529. The van der Waals surface area contributed by atoms with E-state index in [1.54, 1.807) is 0 Å². The molecule has 0 radical (unpaired) electrons. The molecule has 0 aromatic rings. The van der Waals surface area contributed by atoms with Gasteiger partial charge in [-0.3, -0.25) is 4.99 Å². The van der Waals surface area contributed by atoms with Crippen LogP contribution in [-0.2, 0) is 4.74 Å². The van der Waals surface area contributed by atoms with Crippen LogP contribution in [0.4, 0.5) is 4.79 Å². The molecule has 0 aromatic carbocycles. The molecule has 0 aromatic heterocycles. The average molecular weight is 428 g/mol. The highest BCUT2D eigenvalue weighted by Gasteiger charge is 2.15. The fraction of sp³-hybridized carbons (Fsp3) is 0.867. The van der Waals surface area contributed by atoms with Crippen LogP contribution in [0.1, 0.15) is 53.9 Å². The van der Waals surface area contributed by atoms with Crippen LogP contribution < -0.4 is 16.0 Å². The van der Waals surface area contributed by atoms with E-state index in [0.717, 1.165) is 25.5 Å². The fourth-order valence-electron chi connectivity index (χ4n) is 1.55. The zero-order valence-corrected chi connectivity index (χ0v) is 17.0. The summed E-state index contributed by atoms with van der Waals surface area (Å²) >= 11 is 0. The number of halogens is 1. The highest BCUT2D eigenvalue weighted by Crippen LogP contribution is 2.05. The zero-order chi connectivity index (χ0) is 16.1. The van der Waals surface area contributed by atoms with Crippen molar-refractivity contribution in [1.29, 1.82) is 0 Å². The lowest BCUT2D eigenvalue weighted by atomic mass is 10.2. The van der Waals surface area contributed by atoms with Crippen LogP contribution in [0.5, 0.6) is 0 Å². The Morgan fingerprint density at radius 1 is 1.05 bits per heavy atom. The van der Waals surface area contributed by atoms with Crippen LogP contribution >= 0.6 is 24.0 Å². The quantitative estimate of drug-likeness (QED) is 0.241. The summed E-state index contributed by atoms with van der Waals surface area (Å²) in [5.41, 5.74) is -0.465. The number of nitrogens with zero attached hydrogens (tertiary/aromatic N) is 1. The summed E-state index contributed by atoms with van der Waals surface area (Å²) in [6.45, 7) is 12.5. The average Bonchev–Trinajstić information content (AvgIpc) is 2.37. The second-order valence-electron chi connectivity index (χ2n) is 5.82. The van der Waals surface area contributed by atoms with Crippen molar-refractivity contribution < 1.29 is 9.53 Å². The third kappa shape index (κ3) is 15.7. The van der Waals surface area contributed by atoms with Gasteiger partial charge in [0.2, 0.25) is 0 Å². The maximum Gasteiger partial charge on any atom is 0.407 e. The Balaban J connectivity index is 0. The Bertz CT molecular complexity index is 317. The molecule has 0 heterocycles. The van der Waals surface area contributed by atoms with E-state index in [-0.39, 0.29) is 24.0 Å². The summed E-state index contributed by atoms with van der Waals surface area (Å²) in [5, 5.41) is 9.07. The Labute approximate surface area is 152 Å². The van der Waals surface area contributed by atoms with Crippen molar-refractivity contribution in [2.24, 2.45) is 4.99 Å². The molecular formula is C15H33IN4O2. The smallest absolute Gasteiger partial charge is 0.407 e. The monoisotopic (exact) mass is 428 g/mol. The molecule has 0 aliphatic rings. The standard InChI is InChI=1S/C15H32N4O2.HI/c1-6-8-9-10-17-13(16-7-2)18-11-12-19-14(20)21-15(3,4)5;/h6-12H2,1-5H3,(H,19,20)(H2,16,17,18);1H. The van der Waals surface area contributed by atoms with E-state index in [9.17, 15) is 4.79 Å². The molecule has 3 N–H and O–H groups in total. The molecule has 22 heavy (non-hydrogen) atoms. The van der Waals surface area contributed by atoms with E-state index < -0.39 is 11.7 Å². The molecular weight excluding hydrogens is 395 g/mol. The second-order valence-corrected chi connectivity index (χ2v) is 5.82. The Morgan fingerprint density at radius 2 is 1.68 bits per heavy atom. The summed E-state index contributed by atoms with van der Waals surface area (Å²) in [6, 6.07) is 0. The molecule has 132 valence electrons. The highest BCUT2D eigenvalue weighted by atomic mass is 127. The largest absolute Gasteiger partial charge is 0.444 e. The van der Waals surface area contributed by atoms with Gasteiger partial charge >= 0.3 is 6.09 Å². The van der Waals surface area contributed by atoms with Crippen molar-refractivity contribution in [3.05, 3.63) is 0 Å². The van der Waals surface area contributed by atoms with Crippen LogP contribution in [-0.4, -0.2) is 43.8 Å². The molecule has 0 saturated carbocycles. The second kappa shape index (κ2) is 13.9. The van der Waals surface area contributed by atoms with Gasteiger partial charge in [0, 0.05) is 26.2 Å². The molecule has 0 aliphatic heterocycles. The first-order chi connectivity index (χ1) is 9.89. The lowest BCUT2D eigenvalue weighted by Gasteiger charge is -2.19. The van der Waals surface area contributed by atoms with Gasteiger partial charge in [0.1, 0.15) is 5.60 Å². The van der Waals surface area contributed by atoms with E-state index in [2.05, 4.69) is 27.9 Å². The molecule has 0 aliphatic carbocycles. The first kappa shape index (κ1) is 23.5. The first-order valence-electron chi connectivity index (χ1n) is 7.88. The molecule has 0 fully saturated rings. The van der Waals surface area contributed by atoms with Gasteiger partial charge in [0.05, 0.1) is 0 Å². The van der Waals surface area contributed by atoms with Gasteiger partial charge in [-0.1, -0.05) is 19.8 Å². The van der Waals surface area contributed by atoms with E-state index in [1.165, 1.54) is 12.8 Å². The normalized spacial score (nSPS) is 11.4. The Kier molecular flexibility index (Phi) is 14.9. The Morgan fingerprint density at radius 3 is 2.23 bits per heavy atom. The summed E-state index contributed by atoms with van der Waals surface area (Å²) in [6.07, 6.45) is 3.10. The van der Waals surface area contributed by atoms with E-state index in [4.69, 9.17) is 4.74 Å². The number of guanidine groups is 1. The number of aliphatic imine (C=N–C) groups is 1. The number of alkyl carbamates (subject to hydrolysis) is 1.